The van der Waals surface area contributed by atoms with Crippen LogP contribution < -0.4 is 21.7 Å². The number of phenols is 1. The van der Waals surface area contributed by atoms with Crippen molar-refractivity contribution >= 4 is 36.3 Å². The summed E-state index contributed by atoms with van der Waals surface area (Å²) in [5.74, 6) is -3.24. The SMILES string of the molecule is CC(C)CC(NC(=O)C(CS)NC(=O)C(N)Cc1ccc(O)cc1)C(=O)NC(C(=O)O)C(C)C. The first-order valence-electron chi connectivity index (χ1n) is 11.1. The lowest BCUT2D eigenvalue weighted by molar-refractivity contribution is -0.143. The van der Waals surface area contributed by atoms with Crippen LogP contribution in [-0.4, -0.2) is 63.8 Å². The molecule has 0 fully saturated rings. The van der Waals surface area contributed by atoms with Gasteiger partial charge < -0.3 is 31.9 Å². The van der Waals surface area contributed by atoms with Crippen LogP contribution in [0.2, 0.25) is 0 Å². The lowest BCUT2D eigenvalue weighted by Gasteiger charge is -2.26. The zero-order chi connectivity index (χ0) is 26.0. The number of amides is 3. The minimum atomic E-state index is -1.17. The van der Waals surface area contributed by atoms with E-state index in [1.54, 1.807) is 26.0 Å². The molecule has 1 aromatic rings. The summed E-state index contributed by atoms with van der Waals surface area (Å²) in [6.07, 6.45) is 0.465. The molecule has 34 heavy (non-hydrogen) atoms. The summed E-state index contributed by atoms with van der Waals surface area (Å²) in [7, 11) is 0. The fourth-order valence-electron chi connectivity index (χ4n) is 3.19. The standard InChI is InChI=1S/C23H36N4O6S/c1-12(2)9-17(21(30)27-19(13(3)4)23(32)33)25-22(31)18(11-34)26-20(29)16(24)10-14-5-7-15(28)8-6-14/h5-8,12-13,16-19,28,34H,9-11,24H2,1-4H3,(H,25,31)(H,26,29)(H,27,30)(H,32,33). The quantitative estimate of drug-likeness (QED) is 0.194. The van der Waals surface area contributed by atoms with E-state index in [9.17, 15) is 29.4 Å². The van der Waals surface area contributed by atoms with Gasteiger partial charge in [-0.05, 0) is 42.4 Å². The summed E-state index contributed by atoms with van der Waals surface area (Å²) in [5, 5.41) is 26.3. The fraction of sp³-hybridized carbons (Fsp3) is 0.565. The molecule has 0 heterocycles. The first kappa shape index (κ1) is 29.2. The van der Waals surface area contributed by atoms with Crippen LogP contribution in [0.3, 0.4) is 0 Å². The Morgan fingerprint density at radius 1 is 0.912 bits per heavy atom. The van der Waals surface area contributed by atoms with Crippen molar-refractivity contribution in [3.63, 3.8) is 0 Å². The Kier molecular flexibility index (Phi) is 11.9. The van der Waals surface area contributed by atoms with Gasteiger partial charge in [-0.1, -0.05) is 39.8 Å². The third-order valence-electron chi connectivity index (χ3n) is 5.11. The molecule has 0 aromatic heterocycles. The highest BCUT2D eigenvalue weighted by Crippen LogP contribution is 2.11. The van der Waals surface area contributed by atoms with Crippen molar-refractivity contribution in [2.75, 3.05) is 5.75 Å². The number of nitrogens with one attached hydrogen (secondary N) is 3. The zero-order valence-electron chi connectivity index (χ0n) is 19.9. The van der Waals surface area contributed by atoms with Crippen LogP contribution in [-0.2, 0) is 25.6 Å². The summed E-state index contributed by atoms with van der Waals surface area (Å²) in [6, 6.07) is 2.16. The maximum atomic E-state index is 12.8. The molecule has 0 aliphatic heterocycles. The Labute approximate surface area is 205 Å². The minimum absolute atomic E-state index is 0.0288. The molecule has 0 spiro atoms. The Morgan fingerprint density at radius 2 is 1.44 bits per heavy atom. The second-order valence-electron chi connectivity index (χ2n) is 8.98. The molecule has 190 valence electrons. The van der Waals surface area contributed by atoms with Crippen LogP contribution in [0.25, 0.3) is 0 Å². The second kappa shape index (κ2) is 13.8. The maximum Gasteiger partial charge on any atom is 0.326 e. The summed E-state index contributed by atoms with van der Waals surface area (Å²) in [5.41, 5.74) is 6.70. The van der Waals surface area contributed by atoms with Crippen molar-refractivity contribution in [3.05, 3.63) is 29.8 Å². The number of rotatable bonds is 13. The first-order valence-corrected chi connectivity index (χ1v) is 11.8. The summed E-state index contributed by atoms with van der Waals surface area (Å²) >= 11 is 4.14. The van der Waals surface area contributed by atoms with Gasteiger partial charge in [0.25, 0.3) is 0 Å². The topological polar surface area (TPSA) is 171 Å². The summed E-state index contributed by atoms with van der Waals surface area (Å²) < 4.78 is 0. The van der Waals surface area contributed by atoms with Gasteiger partial charge in [0.05, 0.1) is 6.04 Å². The molecule has 1 rings (SSSR count). The molecule has 0 radical (unpaired) electrons. The Bertz CT molecular complexity index is 846. The molecule has 10 nitrogen and oxygen atoms in total. The molecule has 4 unspecified atom stereocenters. The third-order valence-corrected chi connectivity index (χ3v) is 5.48. The molecule has 1 aromatic carbocycles. The molecule has 0 aliphatic carbocycles. The number of carbonyl (C=O) groups is 4. The molecular formula is C23H36N4O6S. The van der Waals surface area contributed by atoms with E-state index in [-0.39, 0.29) is 36.2 Å². The number of hydrogen-bond acceptors (Lipinski definition) is 7. The molecule has 0 saturated carbocycles. The van der Waals surface area contributed by atoms with E-state index in [1.165, 1.54) is 12.1 Å². The summed E-state index contributed by atoms with van der Waals surface area (Å²) in [4.78, 5) is 49.6. The van der Waals surface area contributed by atoms with E-state index in [2.05, 4.69) is 28.6 Å². The van der Waals surface area contributed by atoms with Crippen molar-refractivity contribution in [2.24, 2.45) is 17.6 Å². The van der Waals surface area contributed by atoms with Crippen LogP contribution in [0.15, 0.2) is 24.3 Å². The molecule has 0 bridgehead atoms. The molecule has 0 saturated heterocycles. The fourth-order valence-corrected chi connectivity index (χ4v) is 3.45. The number of nitrogens with two attached hydrogens (primary N) is 1. The van der Waals surface area contributed by atoms with E-state index in [0.29, 0.717) is 0 Å². The van der Waals surface area contributed by atoms with E-state index >= 15 is 0 Å². The normalized spacial score (nSPS) is 14.7. The van der Waals surface area contributed by atoms with E-state index in [0.717, 1.165) is 5.56 Å². The number of carboxylic acids is 1. The smallest absolute Gasteiger partial charge is 0.326 e. The van der Waals surface area contributed by atoms with Crippen LogP contribution in [0, 0.1) is 11.8 Å². The van der Waals surface area contributed by atoms with Gasteiger partial charge in [0.2, 0.25) is 17.7 Å². The number of thiol groups is 1. The first-order chi connectivity index (χ1) is 15.8. The third kappa shape index (κ3) is 9.60. The molecule has 7 N–H and O–H groups in total. The van der Waals surface area contributed by atoms with Crippen molar-refractivity contribution in [2.45, 2.75) is 64.7 Å². The van der Waals surface area contributed by atoms with Crippen LogP contribution in [0.1, 0.15) is 39.7 Å². The number of hydrogen-bond donors (Lipinski definition) is 7. The van der Waals surface area contributed by atoms with E-state index in [1.807, 2.05) is 13.8 Å². The largest absolute Gasteiger partial charge is 0.508 e. The molecule has 0 aliphatic rings. The van der Waals surface area contributed by atoms with Gasteiger partial charge in [-0.15, -0.1) is 0 Å². The van der Waals surface area contributed by atoms with Crippen molar-refractivity contribution in [3.8, 4) is 5.75 Å². The van der Waals surface area contributed by atoms with Crippen molar-refractivity contribution < 1.29 is 29.4 Å². The Hall–Kier alpha value is -2.79. The number of benzene rings is 1. The monoisotopic (exact) mass is 496 g/mol. The van der Waals surface area contributed by atoms with Gasteiger partial charge in [-0.3, -0.25) is 14.4 Å². The zero-order valence-corrected chi connectivity index (χ0v) is 20.8. The Balaban J connectivity index is 2.83. The van der Waals surface area contributed by atoms with Gasteiger partial charge in [0, 0.05) is 5.75 Å². The molecule has 3 amide bonds. The van der Waals surface area contributed by atoms with Gasteiger partial charge in [0.1, 0.15) is 23.9 Å². The lowest BCUT2D eigenvalue weighted by Crippen LogP contribution is -2.58. The van der Waals surface area contributed by atoms with Gasteiger partial charge >= 0.3 is 5.97 Å². The van der Waals surface area contributed by atoms with E-state index < -0.39 is 47.9 Å². The highest BCUT2D eigenvalue weighted by Gasteiger charge is 2.31. The lowest BCUT2D eigenvalue weighted by atomic mass is 10.00. The Morgan fingerprint density at radius 3 is 1.91 bits per heavy atom. The molecule has 4 atom stereocenters. The summed E-state index contributed by atoms with van der Waals surface area (Å²) in [6.45, 7) is 7.07. The van der Waals surface area contributed by atoms with Crippen LogP contribution in [0.5, 0.6) is 5.75 Å². The highest BCUT2D eigenvalue weighted by atomic mass is 32.1. The highest BCUT2D eigenvalue weighted by molar-refractivity contribution is 7.80. The number of aromatic hydroxyl groups is 1. The van der Waals surface area contributed by atoms with Gasteiger partial charge in [-0.2, -0.15) is 12.6 Å². The van der Waals surface area contributed by atoms with Crippen LogP contribution in [0.4, 0.5) is 0 Å². The van der Waals surface area contributed by atoms with Gasteiger partial charge in [0.15, 0.2) is 0 Å². The van der Waals surface area contributed by atoms with E-state index in [4.69, 9.17) is 5.73 Å². The van der Waals surface area contributed by atoms with Gasteiger partial charge in [-0.25, -0.2) is 4.79 Å². The average molecular weight is 497 g/mol. The number of carbonyl (C=O) groups excluding carboxylic acids is 3. The number of aliphatic carboxylic acids is 1. The predicted molar refractivity (Wildman–Crippen MR) is 131 cm³/mol. The van der Waals surface area contributed by atoms with Crippen LogP contribution >= 0.6 is 12.6 Å². The average Bonchev–Trinajstić information content (AvgIpc) is 2.75. The predicted octanol–water partition coefficient (Wildman–Crippen LogP) is 0.433. The van der Waals surface area contributed by atoms with Crippen molar-refractivity contribution in [1.29, 1.82) is 0 Å². The second-order valence-corrected chi connectivity index (χ2v) is 9.35. The number of carboxylic acid groups (broad SMARTS) is 1. The molecule has 11 heteroatoms. The maximum absolute atomic E-state index is 12.8. The van der Waals surface area contributed by atoms with Crippen molar-refractivity contribution in [1.82, 2.24) is 16.0 Å². The number of phenolic OH excluding ortho intramolecular Hbond substituents is 1. The molecular weight excluding hydrogens is 460 g/mol. The minimum Gasteiger partial charge on any atom is -0.508 e.